The number of rotatable bonds is 2. The summed E-state index contributed by atoms with van der Waals surface area (Å²) in [7, 11) is 0. The van der Waals surface area contributed by atoms with E-state index in [9.17, 15) is 0 Å². The Hall–Kier alpha value is -3.61. The summed E-state index contributed by atoms with van der Waals surface area (Å²) in [5.41, 5.74) is 12.3. The molecule has 0 N–H and O–H groups in total. The maximum absolute atomic E-state index is 2.54. The van der Waals surface area contributed by atoms with Gasteiger partial charge < -0.3 is 4.57 Å². The second-order valence-electron chi connectivity index (χ2n) is 14.4. The normalized spacial score (nSPS) is 14.6. The van der Waals surface area contributed by atoms with Crippen LogP contribution in [0.5, 0.6) is 0 Å². The largest absolute Gasteiger partial charge is 0.313 e. The molecule has 1 heterocycles. The van der Waals surface area contributed by atoms with Gasteiger partial charge in [0.1, 0.15) is 0 Å². The van der Waals surface area contributed by atoms with Crippen molar-refractivity contribution in [3.63, 3.8) is 0 Å². The number of hydrogen-bond donors (Lipinski definition) is 0. The molecule has 1 unspecified atom stereocenters. The van der Waals surface area contributed by atoms with E-state index in [2.05, 4.69) is 161 Å². The Kier molecular flexibility index (Phi) is 6.76. The first-order valence-electron chi connectivity index (χ1n) is 15.6. The number of fused-ring (bicyclic) bond motifs is 8. The van der Waals surface area contributed by atoms with Gasteiger partial charge >= 0.3 is 0 Å². The molecule has 0 bridgehead atoms. The number of para-hydroxylation sites is 2. The van der Waals surface area contributed by atoms with Crippen LogP contribution >= 0.6 is 0 Å². The van der Waals surface area contributed by atoms with Crippen molar-refractivity contribution in [2.45, 2.75) is 58.3 Å². The third-order valence-corrected chi connectivity index (χ3v) is 9.63. The van der Waals surface area contributed by atoms with E-state index in [0.29, 0.717) is 0 Å². The molecule has 216 valence electrons. The molecule has 8 rings (SSSR count). The third-order valence-electron chi connectivity index (χ3n) is 9.63. The molecular formula is C42H38NZr-. The molecule has 1 atom stereocenters. The zero-order valence-electron chi connectivity index (χ0n) is 26.5. The van der Waals surface area contributed by atoms with E-state index < -0.39 is 0 Å². The average molecular weight is 648 g/mol. The Morgan fingerprint density at radius 1 is 0.636 bits per heavy atom. The van der Waals surface area contributed by atoms with Gasteiger partial charge in [-0.3, -0.25) is 0 Å². The predicted octanol–water partition coefficient (Wildman–Crippen LogP) is 11.4. The van der Waals surface area contributed by atoms with Crippen LogP contribution in [-0.4, -0.2) is 4.57 Å². The van der Waals surface area contributed by atoms with Crippen molar-refractivity contribution in [3.8, 4) is 16.8 Å². The molecule has 0 radical (unpaired) electrons. The van der Waals surface area contributed by atoms with Crippen molar-refractivity contribution < 1.29 is 26.2 Å². The molecule has 7 aromatic rings. The SMILES string of the molecule is CC(C)(C)c1ccc2c(c1)[cH-]c1c(C3c4ccccc4-c4c3n(-c3ccccc3)c3ccccc43)c(C(C)(C)C)ccc12.[Zr]. The average Bonchev–Trinajstić information content (AvgIpc) is 3.63. The minimum atomic E-state index is -0.0230. The van der Waals surface area contributed by atoms with E-state index in [1.54, 1.807) is 0 Å². The summed E-state index contributed by atoms with van der Waals surface area (Å²) in [6, 6.07) is 43.4. The maximum atomic E-state index is 2.54. The van der Waals surface area contributed by atoms with Gasteiger partial charge in [0.05, 0.1) is 5.52 Å². The topological polar surface area (TPSA) is 4.93 Å². The van der Waals surface area contributed by atoms with E-state index in [1.165, 1.54) is 77.2 Å². The Balaban J connectivity index is 0.00000312. The summed E-state index contributed by atoms with van der Waals surface area (Å²) in [6.45, 7) is 14.0. The van der Waals surface area contributed by atoms with Crippen molar-refractivity contribution in [2.24, 2.45) is 0 Å². The number of aromatic nitrogens is 1. The van der Waals surface area contributed by atoms with Gasteiger partial charge in [0, 0.05) is 54.5 Å². The number of nitrogens with zero attached hydrogens (tertiary/aromatic N) is 1. The molecule has 0 aliphatic heterocycles. The summed E-state index contributed by atoms with van der Waals surface area (Å²) >= 11 is 0. The molecule has 1 aromatic heterocycles. The summed E-state index contributed by atoms with van der Waals surface area (Å²) in [4.78, 5) is 0. The van der Waals surface area contributed by atoms with Gasteiger partial charge in [-0.2, -0.15) is 0 Å². The fraction of sp³-hybridized carbons (Fsp3) is 0.214. The van der Waals surface area contributed by atoms with Crippen LogP contribution < -0.4 is 0 Å². The molecule has 0 amide bonds. The van der Waals surface area contributed by atoms with Crippen LogP contribution in [0.25, 0.3) is 49.3 Å². The third kappa shape index (κ3) is 4.25. The zero-order valence-corrected chi connectivity index (χ0v) is 29.0. The Morgan fingerprint density at radius 3 is 2.07 bits per heavy atom. The van der Waals surface area contributed by atoms with Gasteiger partial charge in [0.25, 0.3) is 0 Å². The number of hydrogen-bond acceptors (Lipinski definition) is 0. The Labute approximate surface area is 280 Å². The maximum Gasteiger partial charge on any atom is 0.0538 e. The molecule has 6 aromatic carbocycles. The molecule has 0 fully saturated rings. The van der Waals surface area contributed by atoms with Crippen LogP contribution in [0.15, 0.2) is 115 Å². The quantitative estimate of drug-likeness (QED) is 0.165. The van der Waals surface area contributed by atoms with Crippen LogP contribution in [0.4, 0.5) is 0 Å². The fourth-order valence-electron chi connectivity index (χ4n) is 7.63. The van der Waals surface area contributed by atoms with Gasteiger partial charge in [0.2, 0.25) is 0 Å². The van der Waals surface area contributed by atoms with Crippen LogP contribution in [0.3, 0.4) is 0 Å². The van der Waals surface area contributed by atoms with E-state index in [1.807, 2.05) is 0 Å². The first-order chi connectivity index (χ1) is 20.6. The molecule has 0 saturated carbocycles. The van der Waals surface area contributed by atoms with E-state index in [4.69, 9.17) is 0 Å². The van der Waals surface area contributed by atoms with Gasteiger partial charge in [-0.15, -0.1) is 33.7 Å². The monoisotopic (exact) mass is 646 g/mol. The Bertz CT molecular complexity index is 2180. The second kappa shape index (κ2) is 10.2. The minimum absolute atomic E-state index is 0. The summed E-state index contributed by atoms with van der Waals surface area (Å²) in [5.74, 6) is 0.107. The van der Waals surface area contributed by atoms with E-state index >= 15 is 0 Å². The smallest absolute Gasteiger partial charge is 0.0538 e. The molecule has 1 aliphatic carbocycles. The van der Waals surface area contributed by atoms with Crippen LogP contribution in [-0.2, 0) is 37.0 Å². The standard InChI is InChI=1S/C42H38N.Zr/c1-41(2,3)27-20-21-29-26(24-27)25-34-30(29)22-23-35(42(4,5)6)38(34)39-32-17-11-10-16-31(32)37-33-18-12-13-19-36(33)43(40(37)39)28-14-8-7-9-15-28;/h7-25,39H,1-6H3;/q-1;. The van der Waals surface area contributed by atoms with Crippen molar-refractivity contribution >= 4 is 32.4 Å². The van der Waals surface area contributed by atoms with Crippen molar-refractivity contribution in [1.29, 1.82) is 0 Å². The first kappa shape index (κ1) is 29.1. The summed E-state index contributed by atoms with van der Waals surface area (Å²) in [5, 5.41) is 6.74. The van der Waals surface area contributed by atoms with Crippen LogP contribution in [0.2, 0.25) is 0 Å². The first-order valence-corrected chi connectivity index (χ1v) is 15.6. The second-order valence-corrected chi connectivity index (χ2v) is 14.4. The number of benzene rings is 5. The molecule has 0 saturated heterocycles. The van der Waals surface area contributed by atoms with Crippen molar-refractivity contribution in [2.75, 3.05) is 0 Å². The van der Waals surface area contributed by atoms with Gasteiger partial charge in [-0.1, -0.05) is 143 Å². The molecule has 44 heavy (non-hydrogen) atoms. The van der Waals surface area contributed by atoms with Gasteiger partial charge in [0.15, 0.2) is 0 Å². The Morgan fingerprint density at radius 2 is 1.32 bits per heavy atom. The molecule has 0 spiro atoms. The van der Waals surface area contributed by atoms with Crippen LogP contribution in [0, 0.1) is 0 Å². The molecule has 1 aliphatic rings. The van der Waals surface area contributed by atoms with E-state index in [-0.39, 0.29) is 43.0 Å². The van der Waals surface area contributed by atoms with Crippen LogP contribution in [0.1, 0.15) is 75.4 Å². The molecule has 1 nitrogen and oxygen atoms in total. The van der Waals surface area contributed by atoms with Gasteiger partial charge in [-0.05, 0) is 40.2 Å². The van der Waals surface area contributed by atoms with Crippen molar-refractivity contribution in [3.05, 3.63) is 143 Å². The molecular weight excluding hydrogens is 610 g/mol. The zero-order chi connectivity index (χ0) is 29.7. The summed E-state index contributed by atoms with van der Waals surface area (Å²) < 4.78 is 2.54. The summed E-state index contributed by atoms with van der Waals surface area (Å²) in [6.07, 6.45) is 0. The molecule has 2 heteroatoms. The minimum Gasteiger partial charge on any atom is -0.313 e. The van der Waals surface area contributed by atoms with Gasteiger partial charge in [-0.25, -0.2) is 0 Å². The predicted molar refractivity (Wildman–Crippen MR) is 184 cm³/mol. The fourth-order valence-corrected chi connectivity index (χ4v) is 7.63. The van der Waals surface area contributed by atoms with Crippen molar-refractivity contribution in [1.82, 2.24) is 4.57 Å². The van der Waals surface area contributed by atoms with E-state index in [0.717, 1.165) is 0 Å².